The molecule has 2 aliphatic rings. The maximum absolute atomic E-state index is 11.5. The van der Waals surface area contributed by atoms with Crippen LogP contribution < -0.4 is 0 Å². The average Bonchev–Trinajstić information content (AvgIpc) is 2.97. The third-order valence-corrected chi connectivity index (χ3v) is 3.92. The minimum atomic E-state index is -0.255. The van der Waals surface area contributed by atoms with Crippen molar-refractivity contribution in [2.45, 2.75) is 64.1 Å². The lowest BCUT2D eigenvalue weighted by molar-refractivity contribution is -0.144. The number of carbonyl (C=O) groups is 1. The molecule has 1 atom stereocenters. The zero-order valence-electron chi connectivity index (χ0n) is 10.3. The van der Waals surface area contributed by atoms with Crippen LogP contribution >= 0.6 is 0 Å². The van der Waals surface area contributed by atoms with E-state index in [2.05, 4.69) is 6.92 Å². The molecule has 92 valence electrons. The van der Waals surface area contributed by atoms with Crippen LogP contribution in [0, 0.1) is 5.92 Å². The number of ether oxygens (including phenoxy) is 2. The normalized spacial score (nSPS) is 37.4. The Labute approximate surface area is 97.5 Å². The Kier molecular flexibility index (Phi) is 3.53. The zero-order chi connectivity index (χ0) is 11.6. The lowest BCUT2D eigenvalue weighted by Gasteiger charge is -2.26. The Morgan fingerprint density at radius 2 is 2.06 bits per heavy atom. The average molecular weight is 226 g/mol. The second kappa shape index (κ2) is 4.74. The molecule has 1 unspecified atom stereocenters. The summed E-state index contributed by atoms with van der Waals surface area (Å²) in [6.45, 7) is 4.53. The third kappa shape index (κ3) is 2.24. The molecule has 1 aliphatic heterocycles. The molecular weight excluding hydrogens is 204 g/mol. The number of hydrogen-bond acceptors (Lipinski definition) is 3. The van der Waals surface area contributed by atoms with Gasteiger partial charge in [-0.1, -0.05) is 19.8 Å². The molecule has 0 amide bonds. The molecule has 2 rings (SSSR count). The van der Waals surface area contributed by atoms with Gasteiger partial charge in [-0.15, -0.1) is 0 Å². The molecule has 1 heterocycles. The van der Waals surface area contributed by atoms with Crippen LogP contribution in [-0.2, 0) is 14.3 Å². The van der Waals surface area contributed by atoms with E-state index in [1.165, 1.54) is 25.7 Å². The molecule has 2 fully saturated rings. The monoisotopic (exact) mass is 226 g/mol. The van der Waals surface area contributed by atoms with Gasteiger partial charge >= 0.3 is 5.97 Å². The van der Waals surface area contributed by atoms with E-state index in [1.54, 1.807) is 0 Å². The minimum Gasteiger partial charge on any atom is -0.464 e. The number of epoxide rings is 1. The first-order chi connectivity index (χ1) is 7.72. The molecule has 1 saturated heterocycles. The standard InChI is InChI=1S/C13H22O3/c1-3-5-10-6-8-13(9-7-10)11(16-13)12(14)15-4-2/h10-11H,3-9H2,1-2H3. The quantitative estimate of drug-likeness (QED) is 0.546. The minimum absolute atomic E-state index is 0.128. The van der Waals surface area contributed by atoms with Gasteiger partial charge in [-0.2, -0.15) is 0 Å². The first kappa shape index (κ1) is 11.9. The maximum Gasteiger partial charge on any atom is 0.338 e. The molecule has 3 nitrogen and oxygen atoms in total. The Hall–Kier alpha value is -0.570. The topological polar surface area (TPSA) is 38.8 Å². The van der Waals surface area contributed by atoms with E-state index in [-0.39, 0.29) is 17.7 Å². The summed E-state index contributed by atoms with van der Waals surface area (Å²) in [7, 11) is 0. The summed E-state index contributed by atoms with van der Waals surface area (Å²) in [6.07, 6.45) is 6.84. The second-order valence-electron chi connectivity index (χ2n) is 5.05. The molecule has 0 N–H and O–H groups in total. The van der Waals surface area contributed by atoms with Gasteiger partial charge in [0.05, 0.1) is 6.61 Å². The van der Waals surface area contributed by atoms with Crippen LogP contribution in [0.5, 0.6) is 0 Å². The van der Waals surface area contributed by atoms with E-state index in [0.29, 0.717) is 6.61 Å². The Balaban J connectivity index is 1.79. The molecule has 1 aliphatic carbocycles. The van der Waals surface area contributed by atoms with Crippen molar-refractivity contribution in [1.82, 2.24) is 0 Å². The summed E-state index contributed by atoms with van der Waals surface area (Å²) in [5.41, 5.74) is -0.128. The van der Waals surface area contributed by atoms with Crippen LogP contribution in [0.3, 0.4) is 0 Å². The molecule has 1 saturated carbocycles. The number of esters is 1. The molecule has 0 bridgehead atoms. The summed E-state index contributed by atoms with van der Waals surface area (Å²) in [4.78, 5) is 11.5. The smallest absolute Gasteiger partial charge is 0.338 e. The fraction of sp³-hybridized carbons (Fsp3) is 0.923. The van der Waals surface area contributed by atoms with Gasteiger partial charge in [-0.25, -0.2) is 4.79 Å². The van der Waals surface area contributed by atoms with Crippen molar-refractivity contribution in [3.63, 3.8) is 0 Å². The highest BCUT2D eigenvalue weighted by molar-refractivity contribution is 5.79. The van der Waals surface area contributed by atoms with Crippen LogP contribution in [0.2, 0.25) is 0 Å². The van der Waals surface area contributed by atoms with Crippen molar-refractivity contribution in [1.29, 1.82) is 0 Å². The van der Waals surface area contributed by atoms with Gasteiger partial charge < -0.3 is 9.47 Å². The fourth-order valence-corrected chi connectivity index (χ4v) is 2.92. The first-order valence-corrected chi connectivity index (χ1v) is 6.56. The molecular formula is C13H22O3. The molecule has 0 aromatic carbocycles. The summed E-state index contributed by atoms with van der Waals surface area (Å²) < 4.78 is 10.6. The van der Waals surface area contributed by atoms with E-state index in [1.807, 2.05) is 6.92 Å². The summed E-state index contributed by atoms with van der Waals surface area (Å²) in [5.74, 6) is 0.694. The predicted molar refractivity (Wildman–Crippen MR) is 61.1 cm³/mol. The Bertz CT molecular complexity index is 254. The van der Waals surface area contributed by atoms with E-state index >= 15 is 0 Å². The number of rotatable bonds is 4. The van der Waals surface area contributed by atoms with Gasteiger partial charge in [-0.05, 0) is 38.5 Å². The van der Waals surface area contributed by atoms with Crippen molar-refractivity contribution in [2.24, 2.45) is 5.92 Å². The van der Waals surface area contributed by atoms with Crippen molar-refractivity contribution in [3.8, 4) is 0 Å². The fourth-order valence-electron chi connectivity index (χ4n) is 2.92. The van der Waals surface area contributed by atoms with Gasteiger partial charge in [0.25, 0.3) is 0 Å². The lowest BCUT2D eigenvalue weighted by Crippen LogP contribution is -2.28. The predicted octanol–water partition coefficient (Wildman–Crippen LogP) is 2.68. The Morgan fingerprint density at radius 3 is 2.62 bits per heavy atom. The van der Waals surface area contributed by atoms with Gasteiger partial charge in [0, 0.05) is 0 Å². The van der Waals surface area contributed by atoms with Gasteiger partial charge in [0.2, 0.25) is 0 Å². The van der Waals surface area contributed by atoms with Crippen molar-refractivity contribution in [2.75, 3.05) is 6.61 Å². The summed E-state index contributed by atoms with van der Waals surface area (Å²) >= 11 is 0. The van der Waals surface area contributed by atoms with Crippen LogP contribution in [0.1, 0.15) is 52.4 Å². The molecule has 0 aromatic heterocycles. The third-order valence-electron chi connectivity index (χ3n) is 3.92. The zero-order valence-corrected chi connectivity index (χ0v) is 10.3. The van der Waals surface area contributed by atoms with Crippen LogP contribution in [0.25, 0.3) is 0 Å². The van der Waals surface area contributed by atoms with Gasteiger partial charge in [0.15, 0.2) is 6.10 Å². The summed E-state index contributed by atoms with van der Waals surface area (Å²) in [5, 5.41) is 0. The lowest BCUT2D eigenvalue weighted by atomic mass is 9.78. The number of carbonyl (C=O) groups excluding carboxylic acids is 1. The van der Waals surface area contributed by atoms with Crippen molar-refractivity contribution >= 4 is 5.97 Å². The van der Waals surface area contributed by atoms with E-state index in [9.17, 15) is 4.79 Å². The van der Waals surface area contributed by atoms with Crippen LogP contribution in [0.15, 0.2) is 0 Å². The molecule has 3 heteroatoms. The van der Waals surface area contributed by atoms with Gasteiger partial charge in [-0.3, -0.25) is 0 Å². The molecule has 16 heavy (non-hydrogen) atoms. The van der Waals surface area contributed by atoms with Crippen LogP contribution in [-0.4, -0.2) is 24.3 Å². The van der Waals surface area contributed by atoms with E-state index < -0.39 is 0 Å². The molecule has 0 radical (unpaired) electrons. The van der Waals surface area contributed by atoms with E-state index in [4.69, 9.17) is 9.47 Å². The van der Waals surface area contributed by atoms with E-state index in [0.717, 1.165) is 18.8 Å². The molecule has 1 spiro atoms. The molecule has 0 aromatic rings. The largest absolute Gasteiger partial charge is 0.464 e. The first-order valence-electron chi connectivity index (χ1n) is 6.56. The number of hydrogen-bond donors (Lipinski definition) is 0. The summed E-state index contributed by atoms with van der Waals surface area (Å²) in [6, 6.07) is 0. The highest BCUT2D eigenvalue weighted by Gasteiger charge is 2.61. The Morgan fingerprint density at radius 1 is 1.38 bits per heavy atom. The van der Waals surface area contributed by atoms with Gasteiger partial charge in [0.1, 0.15) is 5.60 Å². The maximum atomic E-state index is 11.5. The highest BCUT2D eigenvalue weighted by atomic mass is 16.7. The van der Waals surface area contributed by atoms with Crippen LogP contribution in [0.4, 0.5) is 0 Å². The van der Waals surface area contributed by atoms with Crippen molar-refractivity contribution < 1.29 is 14.3 Å². The SMILES string of the molecule is CCCC1CCC2(CC1)OC2C(=O)OCC. The van der Waals surface area contributed by atoms with Crippen molar-refractivity contribution in [3.05, 3.63) is 0 Å². The highest BCUT2D eigenvalue weighted by Crippen LogP contribution is 2.50. The second-order valence-corrected chi connectivity index (χ2v) is 5.05.